The summed E-state index contributed by atoms with van der Waals surface area (Å²) in [6.07, 6.45) is 4.42. The molecule has 0 radical (unpaired) electrons. The fraction of sp³-hybridized carbons (Fsp3) is 0.688. The van der Waals surface area contributed by atoms with E-state index in [-0.39, 0.29) is 6.10 Å². The van der Waals surface area contributed by atoms with Crippen molar-refractivity contribution in [3.8, 4) is 0 Å². The highest BCUT2D eigenvalue weighted by molar-refractivity contribution is 5.68. The summed E-state index contributed by atoms with van der Waals surface area (Å²) in [5.41, 5.74) is 2.87. The third-order valence-electron chi connectivity index (χ3n) is 4.51. The Morgan fingerprint density at radius 2 is 2.05 bits per heavy atom. The zero-order valence-corrected chi connectivity index (χ0v) is 13.6. The van der Waals surface area contributed by atoms with Crippen molar-refractivity contribution in [1.82, 2.24) is 19.8 Å². The summed E-state index contributed by atoms with van der Waals surface area (Å²) in [6.45, 7) is 8.22. The van der Waals surface area contributed by atoms with Gasteiger partial charge in [0.1, 0.15) is 6.33 Å². The van der Waals surface area contributed by atoms with Crippen LogP contribution in [0.15, 0.2) is 12.4 Å². The van der Waals surface area contributed by atoms with Gasteiger partial charge in [0, 0.05) is 13.1 Å². The fourth-order valence-electron chi connectivity index (χ4n) is 3.37. The van der Waals surface area contributed by atoms with E-state index in [0.717, 1.165) is 49.4 Å². The summed E-state index contributed by atoms with van der Waals surface area (Å²) in [6, 6.07) is 2.08. The molecule has 6 heteroatoms. The van der Waals surface area contributed by atoms with Gasteiger partial charge in [-0.25, -0.2) is 0 Å². The Hall–Kier alpha value is -1.69. The van der Waals surface area contributed by atoms with Crippen LogP contribution >= 0.6 is 0 Å². The van der Waals surface area contributed by atoms with E-state index in [9.17, 15) is 5.11 Å². The lowest BCUT2D eigenvalue weighted by atomic mass is 9.87. The topological polar surface area (TPSA) is 66.5 Å². The molecule has 0 saturated carbocycles. The first-order valence-electron chi connectivity index (χ1n) is 8.15. The second-order valence-corrected chi connectivity index (χ2v) is 6.79. The zero-order valence-electron chi connectivity index (χ0n) is 13.6. The zero-order chi connectivity index (χ0) is 15.7. The third-order valence-corrected chi connectivity index (χ3v) is 4.51. The summed E-state index contributed by atoms with van der Waals surface area (Å²) >= 11 is 0. The van der Waals surface area contributed by atoms with Crippen LogP contribution in [0.25, 0.3) is 5.65 Å². The van der Waals surface area contributed by atoms with Crippen LogP contribution in [0.5, 0.6) is 0 Å². The van der Waals surface area contributed by atoms with Crippen molar-refractivity contribution >= 4 is 11.3 Å². The van der Waals surface area contributed by atoms with Crippen LogP contribution in [0.1, 0.15) is 38.8 Å². The van der Waals surface area contributed by atoms with Gasteiger partial charge in [-0.15, -0.1) is 10.2 Å². The van der Waals surface area contributed by atoms with Gasteiger partial charge in [0.25, 0.3) is 0 Å². The highest BCUT2D eigenvalue weighted by Gasteiger charge is 2.27. The molecule has 1 atom stereocenters. The number of aromatic nitrogens is 4. The lowest BCUT2D eigenvalue weighted by Gasteiger charge is -2.36. The number of rotatable bonds is 4. The van der Waals surface area contributed by atoms with Gasteiger partial charge in [-0.2, -0.15) is 9.61 Å². The van der Waals surface area contributed by atoms with Crippen LogP contribution in [0.3, 0.4) is 0 Å². The number of hydrogen-bond acceptors (Lipinski definition) is 5. The lowest BCUT2D eigenvalue weighted by Crippen LogP contribution is -2.38. The molecule has 0 amide bonds. The van der Waals surface area contributed by atoms with E-state index in [4.69, 9.17) is 0 Å². The normalized spacial score (nSPS) is 18.3. The SMILES string of the molecule is Cc1cc(N2CCC(C(O)CC(C)C)CC2)c2nncn2n1. The molecular formula is C16H25N5O. The Morgan fingerprint density at radius 1 is 1.32 bits per heavy atom. The van der Waals surface area contributed by atoms with Gasteiger partial charge in [-0.05, 0) is 44.1 Å². The molecule has 2 aromatic heterocycles. The van der Waals surface area contributed by atoms with Crippen LogP contribution in [0, 0.1) is 18.8 Å². The van der Waals surface area contributed by atoms with Gasteiger partial charge < -0.3 is 10.0 Å². The number of aliphatic hydroxyl groups is 1. The van der Waals surface area contributed by atoms with Gasteiger partial charge in [0.2, 0.25) is 5.65 Å². The first kappa shape index (κ1) is 15.2. The van der Waals surface area contributed by atoms with E-state index in [2.05, 4.69) is 40.1 Å². The van der Waals surface area contributed by atoms with E-state index < -0.39 is 0 Å². The smallest absolute Gasteiger partial charge is 0.200 e. The number of anilines is 1. The molecule has 6 nitrogen and oxygen atoms in total. The van der Waals surface area contributed by atoms with Crippen LogP contribution < -0.4 is 4.90 Å². The van der Waals surface area contributed by atoms with Crippen molar-refractivity contribution in [3.63, 3.8) is 0 Å². The number of fused-ring (bicyclic) bond motifs is 1. The molecule has 0 spiro atoms. The lowest BCUT2D eigenvalue weighted by molar-refractivity contribution is 0.0735. The molecule has 1 N–H and O–H groups in total. The molecular weight excluding hydrogens is 278 g/mol. The molecule has 120 valence electrons. The Morgan fingerprint density at radius 3 is 2.73 bits per heavy atom. The number of piperidine rings is 1. The first-order valence-corrected chi connectivity index (χ1v) is 8.15. The predicted octanol–water partition coefficient (Wildman–Crippen LogP) is 2.06. The summed E-state index contributed by atoms with van der Waals surface area (Å²) < 4.78 is 1.74. The van der Waals surface area contributed by atoms with Gasteiger partial charge in [0.15, 0.2) is 0 Å². The predicted molar refractivity (Wildman–Crippen MR) is 85.9 cm³/mol. The molecule has 3 rings (SSSR count). The largest absolute Gasteiger partial charge is 0.393 e. The molecule has 0 aliphatic carbocycles. The minimum Gasteiger partial charge on any atom is -0.393 e. The summed E-state index contributed by atoms with van der Waals surface area (Å²) in [5, 5.41) is 22.9. The number of hydrogen-bond donors (Lipinski definition) is 1. The summed E-state index contributed by atoms with van der Waals surface area (Å²) in [7, 11) is 0. The molecule has 1 aliphatic heterocycles. The minimum absolute atomic E-state index is 0.172. The monoisotopic (exact) mass is 303 g/mol. The van der Waals surface area contributed by atoms with Crippen molar-refractivity contribution in [2.45, 2.75) is 46.1 Å². The van der Waals surface area contributed by atoms with E-state index in [0.29, 0.717) is 11.8 Å². The molecule has 1 aliphatic rings. The third kappa shape index (κ3) is 3.06. The number of nitrogens with zero attached hydrogens (tertiary/aromatic N) is 5. The quantitative estimate of drug-likeness (QED) is 0.936. The average molecular weight is 303 g/mol. The van der Waals surface area contributed by atoms with Crippen LogP contribution in [-0.4, -0.2) is 44.1 Å². The van der Waals surface area contributed by atoms with Gasteiger partial charge in [-0.3, -0.25) is 0 Å². The van der Waals surface area contributed by atoms with E-state index in [1.54, 1.807) is 10.8 Å². The van der Waals surface area contributed by atoms with Gasteiger partial charge in [-0.1, -0.05) is 13.8 Å². The molecule has 3 heterocycles. The maximum Gasteiger partial charge on any atom is 0.200 e. The number of aliphatic hydroxyl groups excluding tert-OH is 1. The first-order chi connectivity index (χ1) is 10.5. The molecule has 2 aromatic rings. The molecule has 1 fully saturated rings. The van der Waals surface area contributed by atoms with Crippen LogP contribution in [0.2, 0.25) is 0 Å². The highest BCUT2D eigenvalue weighted by atomic mass is 16.3. The summed E-state index contributed by atoms with van der Waals surface area (Å²) in [4.78, 5) is 2.34. The fourth-order valence-corrected chi connectivity index (χ4v) is 3.37. The van der Waals surface area contributed by atoms with Crippen molar-refractivity contribution in [2.75, 3.05) is 18.0 Å². The van der Waals surface area contributed by atoms with Gasteiger partial charge >= 0.3 is 0 Å². The standard InChI is InChI=1S/C16H25N5O/c1-11(2)8-15(22)13-4-6-20(7-5-13)14-9-12(3)19-21-10-17-18-16(14)21/h9-11,13,15,22H,4-8H2,1-3H3. The highest BCUT2D eigenvalue weighted by Crippen LogP contribution is 2.29. The number of aryl methyl sites for hydroxylation is 1. The Bertz CT molecular complexity index is 630. The molecule has 1 unspecified atom stereocenters. The second-order valence-electron chi connectivity index (χ2n) is 6.79. The van der Waals surface area contributed by atoms with Crippen molar-refractivity contribution in [2.24, 2.45) is 11.8 Å². The van der Waals surface area contributed by atoms with E-state index in [1.807, 2.05) is 6.92 Å². The van der Waals surface area contributed by atoms with Crippen molar-refractivity contribution < 1.29 is 5.11 Å². The van der Waals surface area contributed by atoms with Crippen LogP contribution in [0.4, 0.5) is 5.69 Å². The Kier molecular flexibility index (Phi) is 4.29. The molecule has 0 bridgehead atoms. The summed E-state index contributed by atoms with van der Waals surface area (Å²) in [5.74, 6) is 0.960. The van der Waals surface area contributed by atoms with Crippen molar-refractivity contribution in [1.29, 1.82) is 0 Å². The molecule has 22 heavy (non-hydrogen) atoms. The van der Waals surface area contributed by atoms with Crippen molar-refractivity contribution in [3.05, 3.63) is 18.1 Å². The maximum atomic E-state index is 10.3. The van der Waals surface area contributed by atoms with Gasteiger partial charge in [0.05, 0.1) is 17.5 Å². The maximum absolute atomic E-state index is 10.3. The second kappa shape index (κ2) is 6.20. The van der Waals surface area contributed by atoms with E-state index >= 15 is 0 Å². The molecule has 0 aromatic carbocycles. The average Bonchev–Trinajstić information content (AvgIpc) is 2.94. The van der Waals surface area contributed by atoms with Crippen LogP contribution in [-0.2, 0) is 0 Å². The van der Waals surface area contributed by atoms with E-state index in [1.165, 1.54) is 0 Å². The molecule has 1 saturated heterocycles. The Balaban J connectivity index is 1.72. The minimum atomic E-state index is -0.172. The Labute approximate surface area is 131 Å².